The van der Waals surface area contributed by atoms with E-state index in [0.717, 1.165) is 0 Å². The van der Waals surface area contributed by atoms with E-state index in [1.54, 1.807) is 0 Å². The summed E-state index contributed by atoms with van der Waals surface area (Å²) in [6.45, 7) is 1.77. The Balaban J connectivity index is 0. The van der Waals surface area contributed by atoms with E-state index in [9.17, 15) is 17.6 Å². The Labute approximate surface area is 57.5 Å². The number of halogens is 4. The molecule has 4 heteroatoms. The lowest BCUT2D eigenvalue weighted by atomic mass is 10.6. The summed E-state index contributed by atoms with van der Waals surface area (Å²) in [6.07, 6.45) is -0.625. The van der Waals surface area contributed by atoms with Gasteiger partial charge < -0.3 is 0 Å². The van der Waals surface area contributed by atoms with Crippen molar-refractivity contribution in [3.05, 3.63) is 12.2 Å². The molecule has 0 unspecified atom stereocenters. The van der Waals surface area contributed by atoms with E-state index in [0.29, 0.717) is 0 Å². The molecule has 10 heavy (non-hydrogen) atoms. The number of allylic oxidation sites excluding steroid dienone is 2. The Morgan fingerprint density at radius 3 is 1.30 bits per heavy atom. The first-order chi connectivity index (χ1) is 4.47. The van der Waals surface area contributed by atoms with Crippen LogP contribution < -0.4 is 0 Å². The molecule has 0 fully saturated rings. The highest BCUT2D eigenvalue weighted by Crippen LogP contribution is 2.13. The Kier molecular flexibility index (Phi) is 8.00. The maximum Gasteiger partial charge on any atom is 0.416 e. The first-order valence-corrected chi connectivity index (χ1v) is 2.68. The molecule has 62 valence electrons. The molecule has 0 heterocycles. The van der Waals surface area contributed by atoms with Gasteiger partial charge >= 0.3 is 6.18 Å². The van der Waals surface area contributed by atoms with Crippen molar-refractivity contribution < 1.29 is 17.6 Å². The molecule has 0 spiro atoms. The van der Waals surface area contributed by atoms with Crippen LogP contribution in [0.3, 0.4) is 0 Å². The summed E-state index contributed by atoms with van der Waals surface area (Å²) in [6, 6.07) is 0. The van der Waals surface area contributed by atoms with Crippen LogP contribution >= 0.6 is 0 Å². The van der Waals surface area contributed by atoms with E-state index in [1.807, 2.05) is 26.0 Å². The van der Waals surface area contributed by atoms with Crippen LogP contribution in [-0.4, -0.2) is 12.9 Å². The summed E-state index contributed by atoms with van der Waals surface area (Å²) < 4.78 is 41.6. The lowest BCUT2D eigenvalue weighted by molar-refractivity contribution is -0.142. The third kappa shape index (κ3) is 26.0. The minimum atomic E-state index is -4.62. The monoisotopic (exact) mass is 158 g/mol. The van der Waals surface area contributed by atoms with E-state index >= 15 is 0 Å². The van der Waals surface area contributed by atoms with Crippen LogP contribution in [0.4, 0.5) is 17.6 Å². The summed E-state index contributed by atoms with van der Waals surface area (Å²) in [4.78, 5) is 0. The predicted molar refractivity (Wildman–Crippen MR) is 32.5 cm³/mol. The second-order valence-electron chi connectivity index (χ2n) is 1.42. The molecule has 0 aliphatic rings. The van der Waals surface area contributed by atoms with Crippen LogP contribution in [-0.2, 0) is 0 Å². The van der Waals surface area contributed by atoms with Crippen LogP contribution in [0.5, 0.6) is 0 Å². The van der Waals surface area contributed by atoms with Gasteiger partial charge in [-0.25, -0.2) is 4.39 Å². The number of rotatable bonds is 0. The van der Waals surface area contributed by atoms with E-state index in [2.05, 4.69) is 0 Å². The summed E-state index contributed by atoms with van der Waals surface area (Å²) in [5.41, 5.74) is 0. The van der Waals surface area contributed by atoms with E-state index in [4.69, 9.17) is 0 Å². The molecule has 0 aromatic rings. The lowest BCUT2D eigenvalue weighted by Crippen LogP contribution is -2.08. The molecule has 0 aliphatic heterocycles. The highest BCUT2D eigenvalue weighted by atomic mass is 19.4. The van der Waals surface area contributed by atoms with Gasteiger partial charge in [0.05, 0.1) is 0 Å². The van der Waals surface area contributed by atoms with Gasteiger partial charge in [0.25, 0.3) is 0 Å². The standard InChI is InChI=1S/C4H8.C2H2F4/c1-3-4-2;3-1-2(4,5)6/h3-4H,1-2H3;1H2. The molecule has 0 aromatic heterocycles. The highest BCUT2D eigenvalue weighted by Gasteiger charge is 2.26. The van der Waals surface area contributed by atoms with Crippen LogP contribution in [0.1, 0.15) is 13.8 Å². The Morgan fingerprint density at radius 1 is 1.10 bits per heavy atom. The topological polar surface area (TPSA) is 0 Å². The zero-order valence-electron chi connectivity index (χ0n) is 5.87. The molecule has 0 radical (unpaired) electrons. The average Bonchev–Trinajstić information content (AvgIpc) is 1.87. The quantitative estimate of drug-likeness (QED) is 0.375. The van der Waals surface area contributed by atoms with Crippen molar-refractivity contribution in [2.24, 2.45) is 0 Å². The third-order valence-corrected chi connectivity index (χ3v) is 0.485. The van der Waals surface area contributed by atoms with Crippen molar-refractivity contribution in [2.75, 3.05) is 6.67 Å². The van der Waals surface area contributed by atoms with Crippen LogP contribution in [0.25, 0.3) is 0 Å². The summed E-state index contributed by atoms with van der Waals surface area (Å²) >= 11 is 0. The number of hydrogen-bond donors (Lipinski definition) is 0. The maximum absolute atomic E-state index is 10.4. The van der Waals surface area contributed by atoms with Gasteiger partial charge in [0, 0.05) is 0 Å². The van der Waals surface area contributed by atoms with Gasteiger partial charge in [-0.2, -0.15) is 13.2 Å². The van der Waals surface area contributed by atoms with Gasteiger partial charge in [-0.1, -0.05) is 12.2 Å². The molecular weight excluding hydrogens is 148 g/mol. The first kappa shape index (κ1) is 12.2. The van der Waals surface area contributed by atoms with Gasteiger partial charge in [0.15, 0.2) is 6.67 Å². The van der Waals surface area contributed by atoms with Gasteiger partial charge in [-0.3, -0.25) is 0 Å². The number of hydrogen-bond acceptors (Lipinski definition) is 0. The van der Waals surface area contributed by atoms with Crippen molar-refractivity contribution in [3.63, 3.8) is 0 Å². The molecule has 0 saturated heterocycles. The van der Waals surface area contributed by atoms with Crippen molar-refractivity contribution >= 4 is 0 Å². The molecule has 0 amide bonds. The zero-order valence-corrected chi connectivity index (χ0v) is 5.87. The van der Waals surface area contributed by atoms with Crippen molar-refractivity contribution in [1.82, 2.24) is 0 Å². The fraction of sp³-hybridized carbons (Fsp3) is 0.667. The first-order valence-electron chi connectivity index (χ1n) is 2.68. The minimum Gasteiger partial charge on any atom is -0.241 e. The van der Waals surface area contributed by atoms with E-state index < -0.39 is 12.9 Å². The molecule has 0 aliphatic carbocycles. The number of alkyl halides is 4. The van der Waals surface area contributed by atoms with Crippen molar-refractivity contribution in [1.29, 1.82) is 0 Å². The average molecular weight is 158 g/mol. The molecule has 0 aromatic carbocycles. The third-order valence-electron chi connectivity index (χ3n) is 0.485. The van der Waals surface area contributed by atoms with E-state index in [1.165, 1.54) is 0 Å². The maximum atomic E-state index is 10.4. The SMILES string of the molecule is CC=CC.FCC(F)(F)F. The van der Waals surface area contributed by atoms with Crippen molar-refractivity contribution in [3.8, 4) is 0 Å². The van der Waals surface area contributed by atoms with Crippen LogP contribution in [0.2, 0.25) is 0 Å². The Hall–Kier alpha value is -0.540. The fourth-order valence-corrected chi connectivity index (χ4v) is 0. The van der Waals surface area contributed by atoms with Gasteiger partial charge in [0.2, 0.25) is 0 Å². The minimum absolute atomic E-state index is 2.00. The molecule has 0 bridgehead atoms. The Morgan fingerprint density at radius 2 is 1.30 bits per heavy atom. The van der Waals surface area contributed by atoms with Gasteiger partial charge in [0.1, 0.15) is 0 Å². The molecule has 0 rings (SSSR count). The summed E-state index contributed by atoms with van der Waals surface area (Å²) in [7, 11) is 0. The smallest absolute Gasteiger partial charge is 0.241 e. The van der Waals surface area contributed by atoms with Crippen molar-refractivity contribution in [2.45, 2.75) is 20.0 Å². The largest absolute Gasteiger partial charge is 0.416 e. The van der Waals surface area contributed by atoms with Crippen LogP contribution in [0.15, 0.2) is 12.2 Å². The molecular formula is C6H10F4. The normalized spacial score (nSPS) is 11.0. The Bertz CT molecular complexity index is 78.2. The second-order valence-corrected chi connectivity index (χ2v) is 1.42. The summed E-state index contributed by atoms with van der Waals surface area (Å²) in [5, 5.41) is 0. The zero-order chi connectivity index (χ0) is 8.62. The molecule has 0 N–H and O–H groups in total. The summed E-state index contributed by atoms with van der Waals surface area (Å²) in [5.74, 6) is 0. The fourth-order valence-electron chi connectivity index (χ4n) is 0. The van der Waals surface area contributed by atoms with Crippen LogP contribution in [0, 0.1) is 0 Å². The molecule has 0 nitrogen and oxygen atoms in total. The lowest BCUT2D eigenvalue weighted by Gasteiger charge is -1.93. The van der Waals surface area contributed by atoms with Gasteiger partial charge in [-0.05, 0) is 13.8 Å². The van der Waals surface area contributed by atoms with Gasteiger partial charge in [-0.15, -0.1) is 0 Å². The second kappa shape index (κ2) is 6.58. The van der Waals surface area contributed by atoms with E-state index in [-0.39, 0.29) is 0 Å². The molecule has 0 atom stereocenters. The predicted octanol–water partition coefficient (Wildman–Crippen LogP) is 3.10. The highest BCUT2D eigenvalue weighted by molar-refractivity contribution is 4.68. The molecule has 0 saturated carbocycles.